The summed E-state index contributed by atoms with van der Waals surface area (Å²) in [5.74, 6) is -0.514. The Kier molecular flexibility index (Phi) is 2.93. The van der Waals surface area contributed by atoms with E-state index in [0.29, 0.717) is 10.0 Å². The number of phenols is 2. The highest BCUT2D eigenvalue weighted by atomic mass is 79.9. The van der Waals surface area contributed by atoms with Gasteiger partial charge in [-0.25, -0.2) is 0 Å². The number of benzene rings is 1. The number of ketones is 1. The molecule has 13 heavy (non-hydrogen) atoms. The van der Waals surface area contributed by atoms with Crippen molar-refractivity contribution in [3.63, 3.8) is 0 Å². The van der Waals surface area contributed by atoms with Crippen molar-refractivity contribution in [3.8, 4) is 11.5 Å². The van der Waals surface area contributed by atoms with Crippen LogP contribution in [0.1, 0.15) is 12.5 Å². The summed E-state index contributed by atoms with van der Waals surface area (Å²) in [5.41, 5.74) is 0.438. The monoisotopic (exact) mass is 244 g/mol. The summed E-state index contributed by atoms with van der Waals surface area (Å²) in [4.78, 5) is 10.8. The number of carbonyl (C=O) groups excluding carboxylic acids is 1. The molecule has 0 amide bonds. The molecule has 1 aromatic carbocycles. The number of halogens is 1. The minimum atomic E-state index is -0.232. The molecule has 0 fully saturated rings. The molecule has 0 saturated carbocycles. The average molecular weight is 245 g/mol. The molecule has 1 aromatic rings. The lowest BCUT2D eigenvalue weighted by atomic mass is 10.1. The first-order valence-electron chi connectivity index (χ1n) is 3.71. The largest absolute Gasteiger partial charge is 0.504 e. The lowest BCUT2D eigenvalue weighted by molar-refractivity contribution is -0.116. The fraction of sp³-hybridized carbons (Fsp3) is 0.222. The Morgan fingerprint density at radius 1 is 1.38 bits per heavy atom. The van der Waals surface area contributed by atoms with Gasteiger partial charge in [-0.05, 0) is 28.9 Å². The van der Waals surface area contributed by atoms with Crippen LogP contribution in [0, 0.1) is 0 Å². The number of hydrogen-bond acceptors (Lipinski definition) is 3. The van der Waals surface area contributed by atoms with Crippen LogP contribution in [0.25, 0.3) is 0 Å². The number of aromatic hydroxyl groups is 2. The van der Waals surface area contributed by atoms with Crippen LogP contribution in [0.15, 0.2) is 16.6 Å². The quantitative estimate of drug-likeness (QED) is 0.783. The van der Waals surface area contributed by atoms with Gasteiger partial charge >= 0.3 is 0 Å². The molecule has 0 aliphatic carbocycles. The molecular formula is C9H9BrO3. The second-order valence-corrected chi connectivity index (χ2v) is 3.64. The maximum atomic E-state index is 10.8. The summed E-state index contributed by atoms with van der Waals surface area (Å²) in [7, 11) is 0. The second-order valence-electron chi connectivity index (χ2n) is 2.78. The molecule has 3 nitrogen and oxygen atoms in total. The zero-order valence-electron chi connectivity index (χ0n) is 7.04. The molecule has 0 atom stereocenters. The van der Waals surface area contributed by atoms with Crippen LogP contribution < -0.4 is 0 Å². The molecule has 0 aliphatic rings. The van der Waals surface area contributed by atoms with Crippen molar-refractivity contribution >= 4 is 21.7 Å². The molecule has 0 spiro atoms. The third kappa shape index (κ3) is 2.21. The van der Waals surface area contributed by atoms with Crippen molar-refractivity contribution in [1.82, 2.24) is 0 Å². The predicted octanol–water partition coefficient (Wildman–Crippen LogP) is 1.99. The summed E-state index contributed by atoms with van der Waals surface area (Å²) in [6.07, 6.45) is 0.132. The minimum Gasteiger partial charge on any atom is -0.504 e. The van der Waals surface area contributed by atoms with Crippen molar-refractivity contribution < 1.29 is 15.0 Å². The predicted molar refractivity (Wildman–Crippen MR) is 51.9 cm³/mol. The Labute approximate surface area is 84.1 Å². The number of hydrogen-bond donors (Lipinski definition) is 2. The van der Waals surface area contributed by atoms with Crippen LogP contribution in [-0.2, 0) is 11.2 Å². The van der Waals surface area contributed by atoms with Crippen LogP contribution in [0.4, 0.5) is 0 Å². The Morgan fingerprint density at radius 2 is 2.00 bits per heavy atom. The molecule has 0 aliphatic heterocycles. The Bertz CT molecular complexity index is 347. The van der Waals surface area contributed by atoms with E-state index in [-0.39, 0.29) is 23.7 Å². The number of phenolic OH excluding ortho intramolecular Hbond substituents is 2. The van der Waals surface area contributed by atoms with Gasteiger partial charge in [-0.1, -0.05) is 6.07 Å². The van der Waals surface area contributed by atoms with Crippen LogP contribution in [-0.4, -0.2) is 16.0 Å². The highest BCUT2D eigenvalue weighted by Gasteiger charge is 2.10. The topological polar surface area (TPSA) is 57.5 Å². The molecule has 4 heteroatoms. The highest BCUT2D eigenvalue weighted by Crippen LogP contribution is 2.36. The van der Waals surface area contributed by atoms with E-state index < -0.39 is 0 Å². The van der Waals surface area contributed by atoms with Gasteiger partial charge in [0.1, 0.15) is 5.78 Å². The molecule has 1 rings (SSSR count). The van der Waals surface area contributed by atoms with Crippen LogP contribution in [0.5, 0.6) is 11.5 Å². The summed E-state index contributed by atoms with van der Waals surface area (Å²) >= 11 is 3.05. The van der Waals surface area contributed by atoms with Gasteiger partial charge < -0.3 is 10.2 Å². The van der Waals surface area contributed by atoms with Crippen LogP contribution in [0.3, 0.4) is 0 Å². The highest BCUT2D eigenvalue weighted by molar-refractivity contribution is 9.10. The van der Waals surface area contributed by atoms with E-state index in [1.807, 2.05) is 0 Å². The van der Waals surface area contributed by atoms with Gasteiger partial charge in [-0.2, -0.15) is 0 Å². The lowest BCUT2D eigenvalue weighted by Crippen LogP contribution is -1.96. The zero-order chi connectivity index (χ0) is 10.0. The SMILES string of the molecule is CC(=O)Cc1ccc(Br)c(O)c1O. The lowest BCUT2D eigenvalue weighted by Gasteiger charge is -2.05. The van der Waals surface area contributed by atoms with Crippen molar-refractivity contribution in [3.05, 3.63) is 22.2 Å². The van der Waals surface area contributed by atoms with Crippen LogP contribution >= 0.6 is 15.9 Å². The Hall–Kier alpha value is -1.03. The van der Waals surface area contributed by atoms with Gasteiger partial charge in [-0.15, -0.1) is 0 Å². The first kappa shape index (κ1) is 10.1. The van der Waals surface area contributed by atoms with E-state index in [2.05, 4.69) is 15.9 Å². The summed E-state index contributed by atoms with van der Waals surface area (Å²) in [6, 6.07) is 3.19. The van der Waals surface area contributed by atoms with Gasteiger partial charge in [0.25, 0.3) is 0 Å². The number of Topliss-reactive ketones (excluding diaryl/α,β-unsaturated/α-hetero) is 1. The molecule has 0 unspecified atom stereocenters. The molecular weight excluding hydrogens is 236 g/mol. The number of carbonyl (C=O) groups is 1. The van der Waals surface area contributed by atoms with E-state index in [4.69, 9.17) is 0 Å². The van der Waals surface area contributed by atoms with Crippen molar-refractivity contribution in [2.24, 2.45) is 0 Å². The van der Waals surface area contributed by atoms with Crippen molar-refractivity contribution in [2.75, 3.05) is 0 Å². The fourth-order valence-electron chi connectivity index (χ4n) is 1.01. The Morgan fingerprint density at radius 3 is 2.54 bits per heavy atom. The van der Waals surface area contributed by atoms with E-state index in [1.54, 1.807) is 12.1 Å². The first-order valence-corrected chi connectivity index (χ1v) is 4.50. The molecule has 70 valence electrons. The van der Waals surface area contributed by atoms with E-state index in [0.717, 1.165) is 0 Å². The summed E-state index contributed by atoms with van der Waals surface area (Å²) in [6.45, 7) is 1.43. The van der Waals surface area contributed by atoms with Gasteiger partial charge in [0.15, 0.2) is 11.5 Å². The molecule has 0 aromatic heterocycles. The van der Waals surface area contributed by atoms with Gasteiger partial charge in [0.05, 0.1) is 4.47 Å². The first-order chi connectivity index (χ1) is 6.02. The van der Waals surface area contributed by atoms with E-state index in [1.165, 1.54) is 6.92 Å². The minimum absolute atomic E-state index is 0.0583. The van der Waals surface area contributed by atoms with E-state index >= 15 is 0 Å². The van der Waals surface area contributed by atoms with Gasteiger partial charge in [0, 0.05) is 12.0 Å². The third-order valence-corrected chi connectivity index (χ3v) is 2.26. The smallest absolute Gasteiger partial charge is 0.172 e. The molecule has 2 N–H and O–H groups in total. The Balaban J connectivity index is 3.10. The molecule has 0 saturated heterocycles. The standard InChI is InChI=1S/C9H9BrO3/c1-5(11)4-6-2-3-7(10)9(13)8(6)12/h2-3,12-13H,4H2,1H3. The third-order valence-electron chi connectivity index (χ3n) is 1.62. The van der Waals surface area contributed by atoms with Crippen molar-refractivity contribution in [2.45, 2.75) is 13.3 Å². The van der Waals surface area contributed by atoms with Gasteiger partial charge in [0.2, 0.25) is 0 Å². The molecule has 0 radical (unpaired) electrons. The average Bonchev–Trinajstić information content (AvgIpc) is 2.06. The fourth-order valence-corrected chi connectivity index (χ4v) is 1.33. The summed E-state index contributed by atoms with van der Waals surface area (Å²) < 4.78 is 0.414. The normalized spacial score (nSPS) is 10.0. The number of rotatable bonds is 2. The zero-order valence-corrected chi connectivity index (χ0v) is 8.63. The van der Waals surface area contributed by atoms with Crippen molar-refractivity contribution in [1.29, 1.82) is 0 Å². The van der Waals surface area contributed by atoms with Gasteiger partial charge in [-0.3, -0.25) is 4.79 Å². The maximum absolute atomic E-state index is 10.8. The maximum Gasteiger partial charge on any atom is 0.172 e. The van der Waals surface area contributed by atoms with E-state index in [9.17, 15) is 15.0 Å². The second kappa shape index (κ2) is 3.79. The summed E-state index contributed by atoms with van der Waals surface area (Å²) in [5, 5.41) is 18.7. The molecule has 0 heterocycles. The molecule has 0 bridgehead atoms. The van der Waals surface area contributed by atoms with Crippen LogP contribution in [0.2, 0.25) is 0 Å².